The molecule has 1 aromatic rings. The second kappa shape index (κ2) is 10.0. The first kappa shape index (κ1) is 19.3. The topological polar surface area (TPSA) is 32.7 Å². The van der Waals surface area contributed by atoms with Crippen molar-refractivity contribution >= 4 is 0 Å². The van der Waals surface area contributed by atoms with Crippen molar-refractivity contribution in [3.05, 3.63) is 29.8 Å². The first-order valence-corrected chi connectivity index (χ1v) is 9.79. The van der Waals surface area contributed by atoms with E-state index in [-0.39, 0.29) is 0 Å². The van der Waals surface area contributed by atoms with Gasteiger partial charge in [0.1, 0.15) is 18.5 Å². The summed E-state index contributed by atoms with van der Waals surface area (Å²) in [5, 5.41) is 10.5. The minimum Gasteiger partial charge on any atom is -0.491 e. The molecule has 136 valence electrons. The van der Waals surface area contributed by atoms with E-state index in [1.54, 1.807) is 0 Å². The number of aliphatic hydroxyl groups excluding tert-OH is 1. The molecule has 0 spiro atoms. The molecule has 2 rings (SSSR count). The molecule has 0 amide bonds. The summed E-state index contributed by atoms with van der Waals surface area (Å²) in [5.74, 6) is 1.40. The van der Waals surface area contributed by atoms with Gasteiger partial charge < -0.3 is 9.84 Å². The molecule has 0 aliphatic heterocycles. The molecule has 1 aromatic carbocycles. The van der Waals surface area contributed by atoms with Gasteiger partial charge in [-0.3, -0.25) is 4.90 Å². The van der Waals surface area contributed by atoms with E-state index in [1.165, 1.54) is 37.7 Å². The van der Waals surface area contributed by atoms with E-state index >= 15 is 0 Å². The Labute approximate surface area is 148 Å². The summed E-state index contributed by atoms with van der Waals surface area (Å²) in [5.41, 5.74) is 1.24. The average molecular weight is 334 g/mol. The van der Waals surface area contributed by atoms with Gasteiger partial charge in [-0.05, 0) is 43.4 Å². The quantitative estimate of drug-likeness (QED) is 0.717. The first-order valence-electron chi connectivity index (χ1n) is 9.79. The maximum atomic E-state index is 10.5. The molecule has 1 aliphatic carbocycles. The number of para-hydroxylation sites is 1. The fourth-order valence-corrected chi connectivity index (χ4v) is 3.73. The largest absolute Gasteiger partial charge is 0.491 e. The van der Waals surface area contributed by atoms with Crippen molar-refractivity contribution in [2.24, 2.45) is 0 Å². The lowest BCUT2D eigenvalue weighted by Gasteiger charge is -2.34. The van der Waals surface area contributed by atoms with Crippen LogP contribution in [0.15, 0.2) is 24.3 Å². The SMILES string of the molecule is CC[C@H](C)c1ccccc1OC[C@H](O)CN(CC)C1CCCCC1. The van der Waals surface area contributed by atoms with Gasteiger partial charge >= 0.3 is 0 Å². The molecule has 1 N–H and O–H groups in total. The Bertz CT molecular complexity index is 471. The highest BCUT2D eigenvalue weighted by Crippen LogP contribution is 2.28. The highest BCUT2D eigenvalue weighted by atomic mass is 16.5. The van der Waals surface area contributed by atoms with Crippen LogP contribution in [0.1, 0.15) is 70.8 Å². The molecule has 1 saturated carbocycles. The third-order valence-electron chi connectivity index (χ3n) is 5.44. The van der Waals surface area contributed by atoms with Crippen LogP contribution in [-0.4, -0.2) is 41.8 Å². The summed E-state index contributed by atoms with van der Waals surface area (Å²) in [6.07, 6.45) is 7.24. The Hall–Kier alpha value is -1.06. The summed E-state index contributed by atoms with van der Waals surface area (Å²) in [7, 11) is 0. The highest BCUT2D eigenvalue weighted by Gasteiger charge is 2.22. The molecular weight excluding hydrogens is 298 g/mol. The zero-order valence-electron chi connectivity index (χ0n) is 15.7. The van der Waals surface area contributed by atoms with E-state index < -0.39 is 6.10 Å². The van der Waals surface area contributed by atoms with Crippen molar-refractivity contribution in [2.45, 2.75) is 77.4 Å². The van der Waals surface area contributed by atoms with Crippen LogP contribution in [0.3, 0.4) is 0 Å². The molecule has 0 heterocycles. The van der Waals surface area contributed by atoms with Crippen LogP contribution in [0.5, 0.6) is 5.75 Å². The van der Waals surface area contributed by atoms with Gasteiger partial charge in [0.15, 0.2) is 0 Å². The monoisotopic (exact) mass is 333 g/mol. The summed E-state index contributed by atoms with van der Waals surface area (Å²) >= 11 is 0. The van der Waals surface area contributed by atoms with Crippen molar-refractivity contribution in [1.82, 2.24) is 4.90 Å². The molecule has 24 heavy (non-hydrogen) atoms. The molecule has 0 aromatic heterocycles. The molecule has 1 fully saturated rings. The maximum absolute atomic E-state index is 10.5. The second-order valence-corrected chi connectivity index (χ2v) is 7.19. The fraction of sp³-hybridized carbons (Fsp3) is 0.714. The minimum absolute atomic E-state index is 0.372. The van der Waals surface area contributed by atoms with Crippen molar-refractivity contribution in [2.75, 3.05) is 19.7 Å². The third-order valence-corrected chi connectivity index (χ3v) is 5.44. The standard InChI is InChI=1S/C21H35NO2/c1-4-17(3)20-13-9-10-14-21(20)24-16-19(23)15-22(5-2)18-11-7-6-8-12-18/h9-10,13-14,17-19,23H,4-8,11-12,15-16H2,1-3H3/t17-,19+/m0/s1. The number of nitrogens with zero attached hydrogens (tertiary/aromatic N) is 1. The van der Waals surface area contributed by atoms with Gasteiger partial charge in [0.25, 0.3) is 0 Å². The molecule has 0 radical (unpaired) electrons. The molecular formula is C21H35NO2. The number of benzene rings is 1. The Kier molecular flexibility index (Phi) is 8.07. The van der Waals surface area contributed by atoms with Crippen LogP contribution < -0.4 is 4.74 Å². The van der Waals surface area contributed by atoms with Gasteiger partial charge in [-0.25, -0.2) is 0 Å². The molecule has 0 saturated heterocycles. The number of ether oxygens (including phenoxy) is 1. The normalized spacial score (nSPS) is 18.5. The molecule has 3 heteroatoms. The zero-order valence-corrected chi connectivity index (χ0v) is 15.7. The van der Waals surface area contributed by atoms with Gasteiger partial charge in [-0.2, -0.15) is 0 Å². The van der Waals surface area contributed by atoms with Crippen LogP contribution in [-0.2, 0) is 0 Å². The summed E-state index contributed by atoms with van der Waals surface area (Å²) in [6.45, 7) is 8.70. The third kappa shape index (κ3) is 5.49. The van der Waals surface area contributed by atoms with Crippen molar-refractivity contribution in [3.8, 4) is 5.75 Å². The van der Waals surface area contributed by atoms with Crippen molar-refractivity contribution in [3.63, 3.8) is 0 Å². The Balaban J connectivity index is 1.87. The van der Waals surface area contributed by atoms with Gasteiger partial charge in [-0.15, -0.1) is 0 Å². The summed E-state index contributed by atoms with van der Waals surface area (Å²) < 4.78 is 5.98. The van der Waals surface area contributed by atoms with Crippen molar-refractivity contribution < 1.29 is 9.84 Å². The Morgan fingerprint density at radius 2 is 1.88 bits per heavy atom. The van der Waals surface area contributed by atoms with Crippen molar-refractivity contribution in [1.29, 1.82) is 0 Å². The molecule has 0 bridgehead atoms. The fourth-order valence-electron chi connectivity index (χ4n) is 3.73. The first-order chi connectivity index (χ1) is 11.7. The number of hydrogen-bond acceptors (Lipinski definition) is 3. The van der Waals surface area contributed by atoms with E-state index in [9.17, 15) is 5.11 Å². The molecule has 0 unspecified atom stereocenters. The second-order valence-electron chi connectivity index (χ2n) is 7.19. The van der Waals surface area contributed by atoms with Crippen LogP contribution in [0.25, 0.3) is 0 Å². The van der Waals surface area contributed by atoms with Crippen LogP contribution in [0.4, 0.5) is 0 Å². The predicted octanol–water partition coefficient (Wildman–Crippen LogP) is 4.59. The summed E-state index contributed by atoms with van der Waals surface area (Å²) in [6, 6.07) is 8.87. The van der Waals surface area contributed by atoms with E-state index in [0.29, 0.717) is 25.1 Å². The van der Waals surface area contributed by atoms with Crippen LogP contribution in [0.2, 0.25) is 0 Å². The lowest BCUT2D eigenvalue weighted by atomic mass is 9.94. The molecule has 3 nitrogen and oxygen atoms in total. The highest BCUT2D eigenvalue weighted by molar-refractivity contribution is 5.35. The van der Waals surface area contributed by atoms with Crippen LogP contribution >= 0.6 is 0 Å². The Morgan fingerprint density at radius 3 is 2.54 bits per heavy atom. The average Bonchev–Trinajstić information content (AvgIpc) is 2.64. The number of aliphatic hydroxyl groups is 1. The predicted molar refractivity (Wildman–Crippen MR) is 101 cm³/mol. The van der Waals surface area contributed by atoms with Gasteiger partial charge in [0.2, 0.25) is 0 Å². The lowest BCUT2D eigenvalue weighted by Crippen LogP contribution is -2.43. The lowest BCUT2D eigenvalue weighted by molar-refractivity contribution is 0.0460. The molecule has 1 aliphatic rings. The number of likely N-dealkylation sites (N-methyl/N-ethyl adjacent to an activating group) is 1. The van der Waals surface area contributed by atoms with E-state index in [2.05, 4.69) is 37.8 Å². The maximum Gasteiger partial charge on any atom is 0.122 e. The zero-order chi connectivity index (χ0) is 17.4. The van der Waals surface area contributed by atoms with Gasteiger partial charge in [-0.1, -0.05) is 58.2 Å². The summed E-state index contributed by atoms with van der Waals surface area (Å²) in [4.78, 5) is 2.44. The van der Waals surface area contributed by atoms with E-state index in [1.807, 2.05) is 12.1 Å². The van der Waals surface area contributed by atoms with Gasteiger partial charge in [0.05, 0.1) is 0 Å². The minimum atomic E-state index is -0.433. The van der Waals surface area contributed by atoms with Gasteiger partial charge in [0, 0.05) is 12.6 Å². The smallest absolute Gasteiger partial charge is 0.122 e. The number of rotatable bonds is 9. The van der Waals surface area contributed by atoms with Crippen LogP contribution in [0, 0.1) is 0 Å². The molecule has 2 atom stereocenters. The Morgan fingerprint density at radius 1 is 1.17 bits per heavy atom. The number of hydrogen-bond donors (Lipinski definition) is 1. The van der Waals surface area contributed by atoms with E-state index in [0.717, 1.165) is 18.7 Å². The van der Waals surface area contributed by atoms with E-state index in [4.69, 9.17) is 4.74 Å².